The first-order valence-corrected chi connectivity index (χ1v) is 5.94. The van der Waals surface area contributed by atoms with E-state index < -0.39 is 16.4 Å². The van der Waals surface area contributed by atoms with Crippen molar-refractivity contribution in [1.82, 2.24) is 0 Å². The van der Waals surface area contributed by atoms with Crippen molar-refractivity contribution < 1.29 is 19.2 Å². The maximum absolute atomic E-state index is 13.8. The monoisotopic (exact) mass is 270 g/mol. The summed E-state index contributed by atoms with van der Waals surface area (Å²) < 4.78 is 18.7. The highest BCUT2D eigenvalue weighted by Gasteiger charge is 2.30. The minimum absolute atomic E-state index is 0.0246. The Kier molecular flexibility index (Phi) is 3.84. The minimum atomic E-state index is -0.910. The second-order valence-electron chi connectivity index (χ2n) is 4.52. The summed E-state index contributed by atoms with van der Waals surface area (Å²) in [6.45, 7) is 1.05. The number of hydrogen-bond donors (Lipinski definition) is 1. The molecular formula is C12H15FN2O4. The quantitative estimate of drug-likeness (QED) is 0.663. The van der Waals surface area contributed by atoms with Crippen LogP contribution < -0.4 is 9.64 Å². The number of benzene rings is 1. The second kappa shape index (κ2) is 5.40. The summed E-state index contributed by atoms with van der Waals surface area (Å²) in [5.41, 5.74) is -0.336. The van der Waals surface area contributed by atoms with Crippen molar-refractivity contribution in [2.75, 3.05) is 31.7 Å². The van der Waals surface area contributed by atoms with Gasteiger partial charge in [0.2, 0.25) is 5.82 Å². The van der Waals surface area contributed by atoms with E-state index in [0.717, 1.165) is 12.5 Å². The van der Waals surface area contributed by atoms with Crippen LogP contribution in [0.5, 0.6) is 5.75 Å². The lowest BCUT2D eigenvalue weighted by molar-refractivity contribution is -0.386. The molecule has 19 heavy (non-hydrogen) atoms. The SMILES string of the molecule is COc1cc(F)c([N+](=O)[O-])c(N2CCC(CO)C2)c1. The summed E-state index contributed by atoms with van der Waals surface area (Å²) in [5.74, 6) is -0.605. The predicted octanol–water partition coefficient (Wildman–Crippen LogP) is 1.56. The highest BCUT2D eigenvalue weighted by Crippen LogP contribution is 2.37. The summed E-state index contributed by atoms with van der Waals surface area (Å²) in [6.07, 6.45) is 0.729. The number of nitrogens with zero attached hydrogens (tertiary/aromatic N) is 2. The van der Waals surface area contributed by atoms with Crippen molar-refractivity contribution in [2.45, 2.75) is 6.42 Å². The van der Waals surface area contributed by atoms with Gasteiger partial charge in [0.25, 0.3) is 0 Å². The van der Waals surface area contributed by atoms with Gasteiger partial charge in [0.05, 0.1) is 12.0 Å². The number of aliphatic hydroxyl groups excluding tert-OH is 1. The number of halogens is 1. The van der Waals surface area contributed by atoms with Gasteiger partial charge in [-0.05, 0) is 6.42 Å². The summed E-state index contributed by atoms with van der Waals surface area (Å²) in [7, 11) is 1.38. The molecule has 104 valence electrons. The molecule has 0 radical (unpaired) electrons. The third-order valence-corrected chi connectivity index (χ3v) is 3.32. The molecule has 0 aliphatic carbocycles. The van der Waals surface area contributed by atoms with Gasteiger partial charge >= 0.3 is 5.69 Å². The summed E-state index contributed by atoms with van der Waals surface area (Å²) in [4.78, 5) is 12.0. The Morgan fingerprint density at radius 2 is 2.37 bits per heavy atom. The first-order chi connectivity index (χ1) is 9.06. The molecule has 1 aromatic rings. The van der Waals surface area contributed by atoms with Crippen LogP contribution in [-0.4, -0.2) is 36.8 Å². The van der Waals surface area contributed by atoms with Gasteiger partial charge in [0, 0.05) is 37.7 Å². The first kappa shape index (κ1) is 13.5. The standard InChI is InChI=1S/C12H15FN2O4/c1-19-9-4-10(13)12(15(17)18)11(5-9)14-3-2-8(6-14)7-16/h4-5,8,16H,2-3,6-7H2,1H3. The lowest BCUT2D eigenvalue weighted by Crippen LogP contribution is -2.22. The van der Waals surface area contributed by atoms with E-state index in [0.29, 0.717) is 13.1 Å². The van der Waals surface area contributed by atoms with E-state index >= 15 is 0 Å². The van der Waals surface area contributed by atoms with Gasteiger partial charge in [-0.15, -0.1) is 0 Å². The summed E-state index contributed by atoms with van der Waals surface area (Å²) in [5, 5.41) is 20.1. The molecule has 1 atom stereocenters. The number of hydrogen-bond acceptors (Lipinski definition) is 5. The molecule has 0 saturated carbocycles. The van der Waals surface area contributed by atoms with Gasteiger partial charge < -0.3 is 14.7 Å². The third kappa shape index (κ3) is 2.60. The normalized spacial score (nSPS) is 18.7. The van der Waals surface area contributed by atoms with Gasteiger partial charge in [-0.2, -0.15) is 4.39 Å². The van der Waals surface area contributed by atoms with Gasteiger partial charge in [-0.3, -0.25) is 10.1 Å². The smallest absolute Gasteiger partial charge is 0.328 e. The van der Waals surface area contributed by atoms with E-state index in [-0.39, 0.29) is 24.0 Å². The highest BCUT2D eigenvalue weighted by atomic mass is 19.1. The fraction of sp³-hybridized carbons (Fsp3) is 0.500. The molecule has 1 unspecified atom stereocenters. The van der Waals surface area contributed by atoms with Gasteiger partial charge in [0.15, 0.2) is 0 Å². The zero-order valence-electron chi connectivity index (χ0n) is 10.5. The third-order valence-electron chi connectivity index (χ3n) is 3.32. The molecule has 0 bridgehead atoms. The Hall–Kier alpha value is -1.89. The Morgan fingerprint density at radius 1 is 1.63 bits per heavy atom. The van der Waals surface area contributed by atoms with Crippen molar-refractivity contribution in [3.8, 4) is 5.75 Å². The topological polar surface area (TPSA) is 75.8 Å². The van der Waals surface area contributed by atoms with Crippen LogP contribution in [0.25, 0.3) is 0 Å². The summed E-state index contributed by atoms with van der Waals surface area (Å²) in [6, 6.07) is 2.46. The lowest BCUT2D eigenvalue weighted by atomic mass is 10.1. The predicted molar refractivity (Wildman–Crippen MR) is 67.0 cm³/mol. The van der Waals surface area contributed by atoms with Crippen molar-refractivity contribution in [3.63, 3.8) is 0 Å². The molecule has 1 heterocycles. The number of ether oxygens (including phenoxy) is 1. The van der Waals surface area contributed by atoms with Gasteiger partial charge in [-0.25, -0.2) is 0 Å². The zero-order chi connectivity index (χ0) is 14.0. The second-order valence-corrected chi connectivity index (χ2v) is 4.52. The Labute approximate surface area is 109 Å². The molecule has 0 aromatic heterocycles. The van der Waals surface area contributed by atoms with Gasteiger partial charge in [-0.1, -0.05) is 0 Å². The molecule has 1 aliphatic rings. The molecule has 7 heteroatoms. The minimum Gasteiger partial charge on any atom is -0.497 e. The fourth-order valence-electron chi connectivity index (χ4n) is 2.30. The Morgan fingerprint density at radius 3 is 2.89 bits per heavy atom. The number of rotatable bonds is 4. The fourth-order valence-corrected chi connectivity index (χ4v) is 2.30. The maximum atomic E-state index is 13.8. The number of nitro groups is 1. The molecule has 6 nitrogen and oxygen atoms in total. The van der Waals surface area contributed by atoms with Crippen LogP contribution in [-0.2, 0) is 0 Å². The molecule has 1 N–H and O–H groups in total. The number of methoxy groups -OCH3 is 1. The first-order valence-electron chi connectivity index (χ1n) is 5.94. The van der Waals surface area contributed by atoms with E-state index in [2.05, 4.69) is 0 Å². The van der Waals surface area contributed by atoms with Crippen molar-refractivity contribution >= 4 is 11.4 Å². The lowest BCUT2D eigenvalue weighted by Gasteiger charge is -2.19. The molecular weight excluding hydrogens is 255 g/mol. The molecule has 1 saturated heterocycles. The molecule has 0 spiro atoms. The highest BCUT2D eigenvalue weighted by molar-refractivity contribution is 5.67. The molecule has 2 rings (SSSR count). The van der Waals surface area contributed by atoms with Crippen LogP contribution in [0.3, 0.4) is 0 Å². The largest absolute Gasteiger partial charge is 0.497 e. The van der Waals surface area contributed by atoms with Crippen molar-refractivity contribution in [1.29, 1.82) is 0 Å². The van der Waals surface area contributed by atoms with Gasteiger partial charge in [0.1, 0.15) is 11.4 Å². The van der Waals surface area contributed by atoms with Crippen molar-refractivity contribution in [2.24, 2.45) is 5.92 Å². The van der Waals surface area contributed by atoms with E-state index in [1.165, 1.54) is 13.2 Å². The number of aliphatic hydroxyl groups is 1. The summed E-state index contributed by atoms with van der Waals surface area (Å²) >= 11 is 0. The van der Waals surface area contributed by atoms with Crippen LogP contribution in [0.4, 0.5) is 15.8 Å². The van der Waals surface area contributed by atoms with Crippen LogP contribution in [0, 0.1) is 21.8 Å². The average molecular weight is 270 g/mol. The average Bonchev–Trinajstić information content (AvgIpc) is 2.85. The van der Waals surface area contributed by atoms with Crippen LogP contribution in [0.2, 0.25) is 0 Å². The number of nitro benzene ring substituents is 1. The molecule has 1 aliphatic heterocycles. The van der Waals surface area contributed by atoms with E-state index in [4.69, 9.17) is 9.84 Å². The maximum Gasteiger partial charge on any atom is 0.328 e. The Balaban J connectivity index is 2.42. The molecule has 1 aromatic carbocycles. The van der Waals surface area contributed by atoms with Crippen molar-refractivity contribution in [3.05, 3.63) is 28.1 Å². The molecule has 1 fully saturated rings. The van der Waals surface area contributed by atoms with E-state index in [1.54, 1.807) is 4.90 Å². The zero-order valence-corrected chi connectivity index (χ0v) is 10.5. The van der Waals surface area contributed by atoms with E-state index in [9.17, 15) is 14.5 Å². The van der Waals surface area contributed by atoms with Crippen LogP contribution in [0.1, 0.15) is 6.42 Å². The number of anilines is 1. The Bertz CT molecular complexity index is 495. The van der Waals surface area contributed by atoms with Crippen LogP contribution in [0.15, 0.2) is 12.1 Å². The van der Waals surface area contributed by atoms with E-state index in [1.807, 2.05) is 0 Å². The molecule has 0 amide bonds. The van der Waals surface area contributed by atoms with Crippen LogP contribution >= 0.6 is 0 Å².